The van der Waals surface area contributed by atoms with Gasteiger partial charge in [-0.1, -0.05) is 48.0 Å². The van der Waals surface area contributed by atoms with Gasteiger partial charge in [0.2, 0.25) is 0 Å². The van der Waals surface area contributed by atoms with Gasteiger partial charge in [0.1, 0.15) is 0 Å². The molecule has 3 rings (SSSR count). The summed E-state index contributed by atoms with van der Waals surface area (Å²) in [6.07, 6.45) is 3.19. The number of rotatable bonds is 2. The van der Waals surface area contributed by atoms with Crippen LogP contribution in [0.15, 0.2) is 48.5 Å². The van der Waals surface area contributed by atoms with Crippen molar-refractivity contribution in [2.45, 2.75) is 32.1 Å². The maximum Gasteiger partial charge on any atom is 0.170 e. The van der Waals surface area contributed by atoms with Crippen molar-refractivity contribution in [2.75, 3.05) is 0 Å². The van der Waals surface area contributed by atoms with Crippen molar-refractivity contribution in [2.24, 2.45) is 0 Å². The second kappa shape index (κ2) is 5.00. The zero-order valence-corrected chi connectivity index (χ0v) is 11.2. The van der Waals surface area contributed by atoms with Gasteiger partial charge in [0.05, 0.1) is 0 Å². The molecule has 2 aromatic carbocycles. The minimum atomic E-state index is 0.0479. The number of hydrogen-bond acceptors (Lipinski definition) is 1. The fourth-order valence-corrected chi connectivity index (χ4v) is 3.03. The Labute approximate surface area is 114 Å². The fourth-order valence-electron chi connectivity index (χ4n) is 3.03. The minimum absolute atomic E-state index is 0.0479. The molecule has 0 bridgehead atoms. The van der Waals surface area contributed by atoms with Crippen molar-refractivity contribution in [3.05, 3.63) is 70.8 Å². The number of benzene rings is 2. The first-order valence-corrected chi connectivity index (χ1v) is 6.94. The van der Waals surface area contributed by atoms with Gasteiger partial charge in [-0.05, 0) is 43.4 Å². The van der Waals surface area contributed by atoms with Crippen LogP contribution in [0.4, 0.5) is 0 Å². The van der Waals surface area contributed by atoms with Gasteiger partial charge in [0.15, 0.2) is 5.78 Å². The predicted molar refractivity (Wildman–Crippen MR) is 77.6 cm³/mol. The summed E-state index contributed by atoms with van der Waals surface area (Å²) in [6, 6.07) is 16.3. The van der Waals surface area contributed by atoms with Crippen molar-refractivity contribution in [3.8, 4) is 0 Å². The number of carbonyl (C=O) groups excluding carboxylic acids is 1. The second-order valence-electron chi connectivity index (χ2n) is 5.38. The Morgan fingerprint density at radius 3 is 2.79 bits per heavy atom. The molecule has 0 saturated carbocycles. The van der Waals surface area contributed by atoms with E-state index in [2.05, 4.69) is 18.2 Å². The van der Waals surface area contributed by atoms with E-state index in [0.29, 0.717) is 0 Å². The fraction of sp³-hybridized carbons (Fsp3) is 0.278. The zero-order valence-electron chi connectivity index (χ0n) is 11.2. The highest BCUT2D eigenvalue weighted by atomic mass is 16.1. The molecule has 0 aliphatic heterocycles. The molecule has 19 heavy (non-hydrogen) atoms. The van der Waals surface area contributed by atoms with E-state index in [4.69, 9.17) is 0 Å². The molecule has 1 aliphatic rings. The van der Waals surface area contributed by atoms with Gasteiger partial charge < -0.3 is 0 Å². The van der Waals surface area contributed by atoms with Crippen LogP contribution in [-0.2, 0) is 6.42 Å². The third-order valence-corrected chi connectivity index (χ3v) is 3.99. The van der Waals surface area contributed by atoms with E-state index in [9.17, 15) is 4.79 Å². The van der Waals surface area contributed by atoms with E-state index in [0.717, 1.165) is 30.4 Å². The van der Waals surface area contributed by atoms with Crippen LogP contribution in [0.25, 0.3) is 0 Å². The quantitative estimate of drug-likeness (QED) is 0.726. The van der Waals surface area contributed by atoms with E-state index >= 15 is 0 Å². The van der Waals surface area contributed by atoms with Crippen LogP contribution in [-0.4, -0.2) is 5.78 Å². The average molecular weight is 250 g/mol. The Kier molecular flexibility index (Phi) is 3.20. The van der Waals surface area contributed by atoms with Crippen molar-refractivity contribution < 1.29 is 4.79 Å². The predicted octanol–water partition coefficient (Wildman–Crippen LogP) is 4.30. The van der Waals surface area contributed by atoms with E-state index < -0.39 is 0 Å². The molecule has 2 aromatic rings. The number of ketones is 1. The Morgan fingerprint density at radius 2 is 1.95 bits per heavy atom. The normalized spacial score (nSPS) is 17.8. The lowest BCUT2D eigenvalue weighted by Crippen LogP contribution is -2.18. The molecule has 0 fully saturated rings. The summed E-state index contributed by atoms with van der Waals surface area (Å²) in [7, 11) is 0. The monoisotopic (exact) mass is 250 g/mol. The molecule has 0 saturated heterocycles. The molecule has 1 nitrogen and oxygen atoms in total. The van der Waals surface area contributed by atoms with Crippen LogP contribution in [0.2, 0.25) is 0 Å². The Balaban J connectivity index is 1.98. The summed E-state index contributed by atoms with van der Waals surface area (Å²) in [5.41, 5.74) is 4.58. The molecule has 1 aliphatic carbocycles. The van der Waals surface area contributed by atoms with Gasteiger partial charge in [-0.2, -0.15) is 0 Å². The lowest BCUT2D eigenvalue weighted by molar-refractivity contribution is 0.0951. The van der Waals surface area contributed by atoms with Gasteiger partial charge in [-0.25, -0.2) is 0 Å². The van der Waals surface area contributed by atoms with Crippen LogP contribution in [0.1, 0.15) is 45.8 Å². The minimum Gasteiger partial charge on any atom is -0.293 e. The molecule has 0 amide bonds. The maximum atomic E-state index is 12.7. The lowest BCUT2D eigenvalue weighted by Gasteiger charge is -2.24. The van der Waals surface area contributed by atoms with Crippen LogP contribution in [0.3, 0.4) is 0 Å². The van der Waals surface area contributed by atoms with Crippen LogP contribution >= 0.6 is 0 Å². The Morgan fingerprint density at radius 1 is 1.11 bits per heavy atom. The van der Waals surface area contributed by atoms with Gasteiger partial charge in [-0.15, -0.1) is 0 Å². The highest BCUT2D eigenvalue weighted by Gasteiger charge is 2.26. The third kappa shape index (κ3) is 2.33. The van der Waals surface area contributed by atoms with Crippen molar-refractivity contribution in [1.29, 1.82) is 0 Å². The third-order valence-electron chi connectivity index (χ3n) is 3.99. The summed E-state index contributed by atoms with van der Waals surface area (Å²) in [6.45, 7) is 2.03. The topological polar surface area (TPSA) is 17.1 Å². The van der Waals surface area contributed by atoms with Crippen molar-refractivity contribution >= 4 is 5.78 Å². The highest BCUT2D eigenvalue weighted by molar-refractivity contribution is 6.01. The molecule has 1 atom stereocenters. The van der Waals surface area contributed by atoms with Crippen LogP contribution in [0.5, 0.6) is 0 Å². The first-order valence-electron chi connectivity index (χ1n) is 6.94. The maximum absolute atomic E-state index is 12.7. The number of aryl methyl sites for hydroxylation is 2. The summed E-state index contributed by atoms with van der Waals surface area (Å²) < 4.78 is 0. The van der Waals surface area contributed by atoms with E-state index in [1.165, 1.54) is 11.1 Å². The molecule has 0 radical (unpaired) electrons. The first-order chi connectivity index (χ1) is 9.25. The Bertz CT molecular complexity index is 613. The Hall–Kier alpha value is -1.89. The number of carbonyl (C=O) groups is 1. The number of Topliss-reactive ketones (excluding diaryl/α,β-unsaturated/α-hetero) is 1. The zero-order chi connectivity index (χ0) is 13.2. The molecule has 0 spiro atoms. The number of hydrogen-bond donors (Lipinski definition) is 0. The molecule has 1 unspecified atom stereocenters. The van der Waals surface area contributed by atoms with E-state index in [1.54, 1.807) is 0 Å². The number of fused-ring (bicyclic) bond motifs is 1. The highest BCUT2D eigenvalue weighted by Crippen LogP contribution is 2.33. The van der Waals surface area contributed by atoms with Crippen LogP contribution in [0, 0.1) is 6.92 Å². The van der Waals surface area contributed by atoms with Crippen molar-refractivity contribution in [3.63, 3.8) is 0 Å². The van der Waals surface area contributed by atoms with Gasteiger partial charge >= 0.3 is 0 Å². The van der Waals surface area contributed by atoms with E-state index in [-0.39, 0.29) is 11.7 Å². The van der Waals surface area contributed by atoms with Gasteiger partial charge in [-0.3, -0.25) is 4.79 Å². The summed E-state index contributed by atoms with van der Waals surface area (Å²) in [4.78, 5) is 12.7. The molecule has 0 heterocycles. The summed E-state index contributed by atoms with van der Waals surface area (Å²) in [5, 5.41) is 0. The summed E-state index contributed by atoms with van der Waals surface area (Å²) in [5.74, 6) is 0.322. The van der Waals surface area contributed by atoms with Crippen LogP contribution < -0.4 is 0 Å². The largest absolute Gasteiger partial charge is 0.293 e. The first kappa shape index (κ1) is 12.2. The van der Waals surface area contributed by atoms with Crippen molar-refractivity contribution in [1.82, 2.24) is 0 Å². The average Bonchev–Trinajstić information content (AvgIpc) is 2.46. The molecule has 0 aromatic heterocycles. The van der Waals surface area contributed by atoms with Gasteiger partial charge in [0, 0.05) is 11.5 Å². The van der Waals surface area contributed by atoms with E-state index in [1.807, 2.05) is 37.3 Å². The van der Waals surface area contributed by atoms with Gasteiger partial charge in [0.25, 0.3) is 0 Å². The second-order valence-corrected chi connectivity index (χ2v) is 5.38. The SMILES string of the molecule is Cc1cccc(C(=O)C2CCCc3ccccc32)c1. The smallest absolute Gasteiger partial charge is 0.170 e. The molecular formula is C18H18O. The lowest BCUT2D eigenvalue weighted by atomic mass is 9.79. The molecular weight excluding hydrogens is 232 g/mol. The molecule has 1 heteroatoms. The standard InChI is InChI=1S/C18H18O/c1-13-6-4-9-15(12-13)18(19)17-11-5-8-14-7-2-3-10-16(14)17/h2-4,6-7,9-10,12,17H,5,8,11H2,1H3. The molecule has 0 N–H and O–H groups in total. The molecule has 96 valence electrons. The summed E-state index contributed by atoms with van der Waals surface area (Å²) >= 11 is 0.